The highest BCUT2D eigenvalue weighted by atomic mass is 127. The van der Waals surface area contributed by atoms with Crippen LogP contribution in [0.2, 0.25) is 0 Å². The zero-order valence-electron chi connectivity index (χ0n) is 11.0. The molecular weight excluding hydrogens is 379 g/mol. The largest absolute Gasteiger partial charge is 0.364 e. The molecule has 0 aliphatic carbocycles. The molecular formula is C16H13IN2O2. The summed E-state index contributed by atoms with van der Waals surface area (Å²) in [6.45, 7) is 0. The lowest BCUT2D eigenvalue weighted by Crippen LogP contribution is -2.31. The van der Waals surface area contributed by atoms with E-state index in [-0.39, 0.29) is 11.6 Å². The molecule has 2 amide bonds. The van der Waals surface area contributed by atoms with Gasteiger partial charge in [0, 0.05) is 3.57 Å². The van der Waals surface area contributed by atoms with E-state index < -0.39 is 5.91 Å². The number of carbonyl (C=O) groups is 2. The maximum atomic E-state index is 12.2. The second-order valence-corrected chi connectivity index (χ2v) is 5.43. The molecule has 0 aliphatic heterocycles. The van der Waals surface area contributed by atoms with Crippen LogP contribution in [0.25, 0.3) is 6.08 Å². The van der Waals surface area contributed by atoms with Crippen molar-refractivity contribution in [1.29, 1.82) is 0 Å². The second kappa shape index (κ2) is 7.03. The smallest absolute Gasteiger partial charge is 0.265 e. The lowest BCUT2D eigenvalue weighted by atomic mass is 10.1. The maximum Gasteiger partial charge on any atom is 0.265 e. The molecule has 0 fully saturated rings. The molecule has 0 atom stereocenters. The number of nitrogens with two attached hydrogens (primary N) is 1. The zero-order valence-corrected chi connectivity index (χ0v) is 13.2. The molecule has 106 valence electrons. The molecule has 0 heterocycles. The fraction of sp³-hybridized carbons (Fsp3) is 0. The molecule has 2 aromatic carbocycles. The first-order valence-corrected chi connectivity index (χ1v) is 7.28. The first kappa shape index (κ1) is 15.2. The number of rotatable bonds is 4. The van der Waals surface area contributed by atoms with Crippen LogP contribution in [0.5, 0.6) is 0 Å². The normalized spacial score (nSPS) is 11.0. The van der Waals surface area contributed by atoms with E-state index in [1.165, 1.54) is 0 Å². The van der Waals surface area contributed by atoms with E-state index in [4.69, 9.17) is 5.73 Å². The van der Waals surface area contributed by atoms with E-state index in [0.29, 0.717) is 5.56 Å². The number of hydrogen-bond acceptors (Lipinski definition) is 2. The first-order chi connectivity index (χ1) is 10.1. The van der Waals surface area contributed by atoms with E-state index >= 15 is 0 Å². The first-order valence-electron chi connectivity index (χ1n) is 6.20. The van der Waals surface area contributed by atoms with Crippen LogP contribution in [0.3, 0.4) is 0 Å². The summed E-state index contributed by atoms with van der Waals surface area (Å²) in [6, 6.07) is 16.3. The maximum absolute atomic E-state index is 12.2. The molecule has 0 bridgehead atoms. The Hall–Kier alpha value is -2.15. The van der Waals surface area contributed by atoms with E-state index in [0.717, 1.165) is 9.13 Å². The number of carbonyl (C=O) groups excluding carboxylic acids is 2. The third kappa shape index (κ3) is 4.16. The summed E-state index contributed by atoms with van der Waals surface area (Å²) in [5.74, 6) is -1.04. The molecule has 0 radical (unpaired) electrons. The second-order valence-electron chi connectivity index (χ2n) is 4.27. The Kier molecular flexibility index (Phi) is 5.10. The molecule has 4 nitrogen and oxygen atoms in total. The number of amides is 2. The Morgan fingerprint density at radius 2 is 1.62 bits per heavy atom. The SMILES string of the molecule is NC(=O)C(=Cc1ccccc1)NC(=O)c1ccccc1I. The van der Waals surface area contributed by atoms with Crippen LogP contribution < -0.4 is 11.1 Å². The van der Waals surface area contributed by atoms with Crippen molar-refractivity contribution in [2.24, 2.45) is 5.73 Å². The van der Waals surface area contributed by atoms with Crippen LogP contribution in [0.4, 0.5) is 0 Å². The van der Waals surface area contributed by atoms with Crippen LogP contribution in [0, 0.1) is 3.57 Å². The third-order valence-electron chi connectivity index (χ3n) is 2.74. The van der Waals surface area contributed by atoms with Gasteiger partial charge in [0.2, 0.25) is 0 Å². The summed E-state index contributed by atoms with van der Waals surface area (Å²) in [5.41, 5.74) is 6.67. The molecule has 2 aromatic rings. The van der Waals surface area contributed by atoms with Gasteiger partial charge in [0.1, 0.15) is 5.70 Å². The quantitative estimate of drug-likeness (QED) is 0.620. The lowest BCUT2D eigenvalue weighted by Gasteiger charge is -2.08. The average molecular weight is 392 g/mol. The van der Waals surface area contributed by atoms with Gasteiger partial charge in [-0.15, -0.1) is 0 Å². The Bertz CT molecular complexity index is 696. The van der Waals surface area contributed by atoms with E-state index in [1.807, 2.05) is 42.5 Å². The van der Waals surface area contributed by atoms with Gasteiger partial charge in [-0.05, 0) is 46.4 Å². The predicted molar refractivity (Wildman–Crippen MR) is 90.2 cm³/mol. The summed E-state index contributed by atoms with van der Waals surface area (Å²) in [5, 5.41) is 2.56. The Balaban J connectivity index is 2.26. The molecule has 21 heavy (non-hydrogen) atoms. The van der Waals surface area contributed by atoms with Crippen molar-refractivity contribution in [3.05, 3.63) is 75.0 Å². The summed E-state index contributed by atoms with van der Waals surface area (Å²) < 4.78 is 0.802. The van der Waals surface area contributed by atoms with Gasteiger partial charge in [-0.3, -0.25) is 9.59 Å². The van der Waals surface area contributed by atoms with Gasteiger partial charge >= 0.3 is 0 Å². The topological polar surface area (TPSA) is 72.2 Å². The zero-order chi connectivity index (χ0) is 15.2. The van der Waals surface area contributed by atoms with Gasteiger partial charge in [0.15, 0.2) is 0 Å². The highest BCUT2D eigenvalue weighted by molar-refractivity contribution is 14.1. The molecule has 0 unspecified atom stereocenters. The Morgan fingerprint density at radius 3 is 2.24 bits per heavy atom. The molecule has 2 rings (SSSR count). The fourth-order valence-corrected chi connectivity index (χ4v) is 2.35. The lowest BCUT2D eigenvalue weighted by molar-refractivity contribution is -0.114. The van der Waals surface area contributed by atoms with Crippen molar-refractivity contribution >= 4 is 40.5 Å². The summed E-state index contributed by atoms with van der Waals surface area (Å²) >= 11 is 2.07. The minimum Gasteiger partial charge on any atom is -0.364 e. The van der Waals surface area contributed by atoms with Crippen molar-refractivity contribution in [1.82, 2.24) is 5.32 Å². The predicted octanol–water partition coefficient (Wildman–Crippen LogP) is 2.55. The number of hydrogen-bond donors (Lipinski definition) is 2. The molecule has 5 heteroatoms. The number of nitrogens with one attached hydrogen (secondary N) is 1. The van der Waals surface area contributed by atoms with Crippen LogP contribution in [-0.2, 0) is 4.79 Å². The average Bonchev–Trinajstić information content (AvgIpc) is 2.48. The number of primary amides is 1. The van der Waals surface area contributed by atoms with Crippen LogP contribution in [0.1, 0.15) is 15.9 Å². The van der Waals surface area contributed by atoms with Gasteiger partial charge in [-0.25, -0.2) is 0 Å². The van der Waals surface area contributed by atoms with Gasteiger partial charge in [-0.2, -0.15) is 0 Å². The molecule has 0 spiro atoms. The van der Waals surface area contributed by atoms with Crippen molar-refractivity contribution in [2.45, 2.75) is 0 Å². The highest BCUT2D eigenvalue weighted by Crippen LogP contribution is 2.12. The number of halogens is 1. The van der Waals surface area contributed by atoms with Crippen molar-refractivity contribution in [3.8, 4) is 0 Å². The Labute approximate surface area is 136 Å². The molecule has 0 saturated carbocycles. The summed E-state index contributed by atoms with van der Waals surface area (Å²) in [7, 11) is 0. The van der Waals surface area contributed by atoms with Gasteiger partial charge < -0.3 is 11.1 Å². The van der Waals surface area contributed by atoms with E-state index in [1.54, 1.807) is 18.2 Å². The Morgan fingerprint density at radius 1 is 1.00 bits per heavy atom. The van der Waals surface area contributed by atoms with Crippen LogP contribution in [0.15, 0.2) is 60.3 Å². The fourth-order valence-electron chi connectivity index (χ4n) is 1.72. The number of benzene rings is 2. The monoisotopic (exact) mass is 392 g/mol. The minimum absolute atomic E-state index is 0.0610. The van der Waals surface area contributed by atoms with Gasteiger partial charge in [0.25, 0.3) is 11.8 Å². The highest BCUT2D eigenvalue weighted by Gasteiger charge is 2.13. The summed E-state index contributed by atoms with van der Waals surface area (Å²) in [6.07, 6.45) is 1.55. The third-order valence-corrected chi connectivity index (χ3v) is 3.68. The van der Waals surface area contributed by atoms with Crippen molar-refractivity contribution < 1.29 is 9.59 Å². The van der Waals surface area contributed by atoms with E-state index in [9.17, 15) is 9.59 Å². The van der Waals surface area contributed by atoms with E-state index in [2.05, 4.69) is 27.9 Å². The molecule has 0 aromatic heterocycles. The molecule has 0 aliphatic rings. The molecule has 3 N–H and O–H groups in total. The standard InChI is InChI=1S/C16H13IN2O2/c17-13-9-5-4-8-12(13)16(21)19-14(15(18)20)10-11-6-2-1-3-7-11/h1-10H,(H2,18,20)(H,19,21). The molecule has 0 saturated heterocycles. The van der Waals surface area contributed by atoms with Crippen molar-refractivity contribution in [2.75, 3.05) is 0 Å². The van der Waals surface area contributed by atoms with Gasteiger partial charge in [0.05, 0.1) is 5.56 Å². The summed E-state index contributed by atoms with van der Waals surface area (Å²) in [4.78, 5) is 23.7. The van der Waals surface area contributed by atoms with Crippen molar-refractivity contribution in [3.63, 3.8) is 0 Å². The van der Waals surface area contributed by atoms with Crippen LogP contribution >= 0.6 is 22.6 Å². The minimum atomic E-state index is -0.682. The van der Waals surface area contributed by atoms with Gasteiger partial charge in [-0.1, -0.05) is 42.5 Å². The van der Waals surface area contributed by atoms with Crippen LogP contribution in [-0.4, -0.2) is 11.8 Å².